The predicted octanol–water partition coefficient (Wildman–Crippen LogP) is 7.48. The molecule has 0 radical (unpaired) electrons. The number of piperidine rings is 1. The summed E-state index contributed by atoms with van der Waals surface area (Å²) in [5, 5.41) is 1.05. The zero-order chi connectivity index (χ0) is 40.7. The summed E-state index contributed by atoms with van der Waals surface area (Å²) >= 11 is 3.39. The number of likely N-dealkylation sites (tertiary alicyclic amines) is 1. The number of nitrogens with zero attached hydrogens (tertiary/aromatic N) is 3. The molecule has 4 rings (SSSR count). The molecule has 0 bridgehead atoms. The van der Waals surface area contributed by atoms with Crippen LogP contribution < -0.4 is 0 Å². The van der Waals surface area contributed by atoms with Crippen LogP contribution in [0, 0.1) is 0 Å². The Morgan fingerprint density at radius 2 is 1.19 bits per heavy atom. The van der Waals surface area contributed by atoms with E-state index in [1.807, 2.05) is 65.8 Å². The van der Waals surface area contributed by atoms with Crippen molar-refractivity contribution in [3.8, 4) is 0 Å². The standard InChI is InChI=1S/C19H28N2O4.C12H21NO4.C8H9Br.CH3F/c1-19(2,3)25-18(23)21-13-12-20(14-16(21)17(22)24-4)11-10-15-8-6-5-7-9-15;1-12(2,3)17-11(15)13-8-6-5-7-9(13)10(14)16-4;9-7-6-8-4-2-1-3-5-8;1-2/h5-9,16H,10-14H2,1-4H3;9H,5-8H2,1-4H3;1-5H,6-7H2;1H3/t16-;9-;;/m00../s1/i;;;1D. The third-order valence-electron chi connectivity index (χ3n) is 7.96. The Labute approximate surface area is 326 Å². The second kappa shape index (κ2) is 24.6. The molecule has 2 aliphatic heterocycles. The Kier molecular flexibility index (Phi) is 21.1. The Bertz CT molecular complexity index is 1380. The molecule has 2 fully saturated rings. The van der Waals surface area contributed by atoms with Crippen molar-refractivity contribution in [3.05, 3.63) is 71.8 Å². The normalized spacial score (nSPS) is 17.5. The quantitative estimate of drug-likeness (QED) is 0.160. The molecule has 2 aromatic carbocycles. The molecule has 0 aliphatic carbocycles. The Morgan fingerprint density at radius 3 is 1.64 bits per heavy atom. The number of rotatable bonds is 7. The van der Waals surface area contributed by atoms with E-state index in [1.54, 1.807) is 0 Å². The van der Waals surface area contributed by atoms with Crippen LogP contribution in [0.25, 0.3) is 0 Å². The lowest BCUT2D eigenvalue weighted by atomic mass is 10.0. The summed E-state index contributed by atoms with van der Waals surface area (Å²) in [6.45, 7) is 13.9. The van der Waals surface area contributed by atoms with Gasteiger partial charge in [0.2, 0.25) is 0 Å². The molecule has 53 heavy (non-hydrogen) atoms. The number of carbonyl (C=O) groups is 4. The van der Waals surface area contributed by atoms with Gasteiger partial charge in [-0.3, -0.25) is 19.1 Å². The fourth-order valence-electron chi connectivity index (χ4n) is 5.46. The third kappa shape index (κ3) is 18.7. The van der Waals surface area contributed by atoms with Crippen LogP contribution in [0.4, 0.5) is 14.0 Å². The summed E-state index contributed by atoms with van der Waals surface area (Å²) in [6, 6.07) is 19.5. The van der Waals surface area contributed by atoms with Gasteiger partial charge < -0.3 is 18.9 Å². The SMILES string of the molecule is BrCCc1ccccc1.COC(=O)[C@@H]1CCCCN1C(=O)OC(C)(C)C.COC(=O)[C@@H]1CN(CCc2ccccc2)CCN1C(=O)OC(C)(C)C.[2H]CF. The fraction of sp³-hybridized carbons (Fsp3) is 0.600. The van der Waals surface area contributed by atoms with Crippen molar-refractivity contribution in [2.24, 2.45) is 0 Å². The number of hydrogen-bond acceptors (Lipinski definition) is 9. The zero-order valence-electron chi connectivity index (χ0n) is 33.8. The lowest BCUT2D eigenvalue weighted by Gasteiger charge is -2.40. The van der Waals surface area contributed by atoms with Gasteiger partial charge in [-0.05, 0) is 84.8 Å². The first-order valence-corrected chi connectivity index (χ1v) is 19.0. The van der Waals surface area contributed by atoms with Crippen molar-refractivity contribution in [1.29, 1.82) is 0 Å². The molecule has 11 nitrogen and oxygen atoms in total. The molecule has 2 aliphatic rings. The lowest BCUT2D eigenvalue weighted by Crippen LogP contribution is -2.59. The van der Waals surface area contributed by atoms with Crippen molar-refractivity contribution in [2.75, 3.05) is 59.4 Å². The summed E-state index contributed by atoms with van der Waals surface area (Å²) in [7, 11) is 1.68. The van der Waals surface area contributed by atoms with Gasteiger partial charge in [-0.1, -0.05) is 76.6 Å². The second-order valence-corrected chi connectivity index (χ2v) is 15.2. The van der Waals surface area contributed by atoms with Crippen LogP contribution in [0.5, 0.6) is 0 Å². The molecule has 0 aromatic heterocycles. The van der Waals surface area contributed by atoms with Gasteiger partial charge >= 0.3 is 24.1 Å². The number of piperazine rings is 1. The third-order valence-corrected chi connectivity index (χ3v) is 8.35. The number of benzene rings is 2. The van der Waals surface area contributed by atoms with E-state index in [1.165, 1.54) is 35.1 Å². The Balaban J connectivity index is 0.000000431. The molecular weight excluding hydrogens is 749 g/mol. The van der Waals surface area contributed by atoms with E-state index in [2.05, 4.69) is 57.2 Å². The van der Waals surface area contributed by atoms with Gasteiger partial charge in [0.15, 0.2) is 0 Å². The average Bonchev–Trinajstić information content (AvgIpc) is 3.13. The van der Waals surface area contributed by atoms with Gasteiger partial charge in [0, 0.05) is 38.1 Å². The maximum Gasteiger partial charge on any atom is 0.411 e. The van der Waals surface area contributed by atoms with Crippen LogP contribution in [-0.4, -0.2) is 122 Å². The molecule has 2 atom stereocenters. The minimum Gasteiger partial charge on any atom is -0.467 e. The van der Waals surface area contributed by atoms with E-state index in [9.17, 15) is 23.6 Å². The maximum atomic E-state index is 12.4. The molecule has 13 heteroatoms. The van der Waals surface area contributed by atoms with Gasteiger partial charge in [-0.2, -0.15) is 0 Å². The van der Waals surface area contributed by atoms with Crippen LogP contribution in [0.15, 0.2) is 60.7 Å². The van der Waals surface area contributed by atoms with E-state index in [0.29, 0.717) is 32.6 Å². The zero-order valence-corrected chi connectivity index (χ0v) is 34.4. The highest BCUT2D eigenvalue weighted by Gasteiger charge is 2.38. The molecule has 2 saturated heterocycles. The molecule has 0 saturated carbocycles. The Hall–Kier alpha value is -3.71. The molecule has 0 N–H and O–H groups in total. The first kappa shape index (κ1) is 45.4. The number of esters is 2. The maximum absolute atomic E-state index is 12.4. The predicted molar refractivity (Wildman–Crippen MR) is 209 cm³/mol. The van der Waals surface area contributed by atoms with Crippen LogP contribution in [0.1, 0.15) is 73.3 Å². The van der Waals surface area contributed by atoms with Gasteiger partial charge in [-0.15, -0.1) is 0 Å². The van der Waals surface area contributed by atoms with Crippen molar-refractivity contribution >= 4 is 40.1 Å². The van der Waals surface area contributed by atoms with E-state index < -0.39 is 48.6 Å². The van der Waals surface area contributed by atoms with Crippen molar-refractivity contribution < 1.29 is 43.9 Å². The van der Waals surface area contributed by atoms with E-state index >= 15 is 0 Å². The number of aryl methyl sites for hydroxylation is 1. The smallest absolute Gasteiger partial charge is 0.411 e. The highest BCUT2D eigenvalue weighted by atomic mass is 79.9. The minimum atomic E-state index is -1.00. The van der Waals surface area contributed by atoms with E-state index in [4.69, 9.17) is 20.3 Å². The summed E-state index contributed by atoms with van der Waals surface area (Å²) in [6.07, 6.45) is 3.60. The van der Waals surface area contributed by atoms with Gasteiger partial charge in [0.1, 0.15) is 23.3 Å². The number of amides is 2. The molecule has 0 spiro atoms. The van der Waals surface area contributed by atoms with Gasteiger partial charge in [0.25, 0.3) is 0 Å². The molecule has 298 valence electrons. The molecule has 2 heterocycles. The number of ether oxygens (including phenoxy) is 4. The highest BCUT2D eigenvalue weighted by molar-refractivity contribution is 9.09. The first-order valence-electron chi connectivity index (χ1n) is 18.6. The molecule has 0 unspecified atom stereocenters. The fourth-order valence-corrected chi connectivity index (χ4v) is 5.91. The van der Waals surface area contributed by atoms with Crippen molar-refractivity contribution in [3.63, 3.8) is 0 Å². The van der Waals surface area contributed by atoms with E-state index in [-0.39, 0.29) is 5.97 Å². The summed E-state index contributed by atoms with van der Waals surface area (Å²) in [5.74, 6) is -0.772. The molecule has 2 amide bonds. The number of hydrogen-bond donors (Lipinski definition) is 0. The van der Waals surface area contributed by atoms with Crippen LogP contribution >= 0.6 is 15.9 Å². The number of alkyl halides is 2. The summed E-state index contributed by atoms with van der Waals surface area (Å²) in [5.41, 5.74) is 1.51. The van der Waals surface area contributed by atoms with E-state index in [0.717, 1.165) is 37.6 Å². The molecular formula is C40H61BrFN3O8. The summed E-state index contributed by atoms with van der Waals surface area (Å²) in [4.78, 5) is 53.2. The van der Waals surface area contributed by atoms with Gasteiger partial charge in [0.05, 0.1) is 22.7 Å². The van der Waals surface area contributed by atoms with Crippen LogP contribution in [0.2, 0.25) is 0 Å². The lowest BCUT2D eigenvalue weighted by molar-refractivity contribution is -0.149. The molecule has 2 aromatic rings. The van der Waals surface area contributed by atoms with Crippen molar-refractivity contribution in [2.45, 2.75) is 96.9 Å². The topological polar surface area (TPSA) is 115 Å². The average molecular weight is 812 g/mol. The number of halogens is 2. The second-order valence-electron chi connectivity index (χ2n) is 14.4. The van der Waals surface area contributed by atoms with Crippen LogP contribution in [0.3, 0.4) is 0 Å². The summed E-state index contributed by atoms with van der Waals surface area (Å²) < 4.78 is 35.8. The van der Waals surface area contributed by atoms with Crippen LogP contribution in [-0.2, 0) is 41.4 Å². The number of methoxy groups -OCH3 is 2. The largest absolute Gasteiger partial charge is 0.467 e. The monoisotopic (exact) mass is 810 g/mol. The minimum absolute atomic E-state index is 0.365. The van der Waals surface area contributed by atoms with Crippen molar-refractivity contribution in [1.82, 2.24) is 14.7 Å². The first-order chi connectivity index (χ1) is 25.5. The highest BCUT2D eigenvalue weighted by Crippen LogP contribution is 2.21. The van der Waals surface area contributed by atoms with Gasteiger partial charge in [-0.25, -0.2) is 19.2 Å². The number of carbonyl (C=O) groups excluding carboxylic acids is 4. The Morgan fingerprint density at radius 1 is 0.736 bits per heavy atom.